The van der Waals surface area contributed by atoms with Crippen LogP contribution in [0.1, 0.15) is 59.9 Å². The molecule has 0 aliphatic carbocycles. The Hall–Kier alpha value is -1.31. The van der Waals surface area contributed by atoms with Crippen LogP contribution in [0.15, 0.2) is 24.3 Å². The maximum Gasteiger partial charge on any atom is 0.494 e. The van der Waals surface area contributed by atoms with Gasteiger partial charge >= 0.3 is 7.12 Å². The molecule has 1 fully saturated rings. The van der Waals surface area contributed by atoms with Crippen molar-refractivity contribution in [3.63, 3.8) is 0 Å². The summed E-state index contributed by atoms with van der Waals surface area (Å²) in [6, 6.07) is 10.6. The van der Waals surface area contributed by atoms with Gasteiger partial charge in [-0.25, -0.2) is 0 Å². The van der Waals surface area contributed by atoms with Gasteiger partial charge in [-0.15, -0.1) is 0 Å². The Bertz CT molecular complexity index is 552. The average Bonchev–Trinajstić information content (AvgIpc) is 2.71. The molecule has 22 heavy (non-hydrogen) atoms. The smallest absolute Gasteiger partial charge is 0.399 e. The predicted molar refractivity (Wildman–Crippen MR) is 90.0 cm³/mol. The molecular weight excluding hydrogens is 273 g/mol. The zero-order valence-corrected chi connectivity index (χ0v) is 14.6. The molecule has 0 spiro atoms. The summed E-state index contributed by atoms with van der Waals surface area (Å²) in [5.41, 5.74) is 1.01. The molecule has 118 valence electrons. The van der Waals surface area contributed by atoms with Gasteiger partial charge in [-0.1, -0.05) is 38.1 Å². The minimum Gasteiger partial charge on any atom is -0.399 e. The van der Waals surface area contributed by atoms with Crippen LogP contribution in [0, 0.1) is 11.3 Å². The third-order valence-electron chi connectivity index (χ3n) is 5.41. The first-order valence-electron chi connectivity index (χ1n) is 8.08. The first kappa shape index (κ1) is 17.1. The van der Waals surface area contributed by atoms with Crippen molar-refractivity contribution in [3.8, 4) is 6.07 Å². The number of hydrogen-bond acceptors (Lipinski definition) is 3. The number of rotatable bonds is 4. The number of nitriles is 1. The maximum atomic E-state index is 9.55. The third-order valence-corrected chi connectivity index (χ3v) is 5.41. The van der Waals surface area contributed by atoms with Gasteiger partial charge in [0.2, 0.25) is 0 Å². The standard InChI is InChI=1S/C18H26BNO2/c1-7-18(8-2,13-20)14-9-11-15(12-10-14)19-21-16(3,4)17(5,6)22-19/h9-12H,7-8H2,1-6H3. The van der Waals surface area contributed by atoms with Crippen LogP contribution in [0.3, 0.4) is 0 Å². The summed E-state index contributed by atoms with van der Waals surface area (Å²) in [5.74, 6) is 0. The van der Waals surface area contributed by atoms with Crippen LogP contribution in [0.25, 0.3) is 0 Å². The molecule has 2 rings (SSSR count). The molecule has 0 N–H and O–H groups in total. The van der Waals surface area contributed by atoms with Crippen molar-refractivity contribution in [2.24, 2.45) is 0 Å². The zero-order valence-electron chi connectivity index (χ0n) is 14.6. The molecule has 1 aliphatic heterocycles. The van der Waals surface area contributed by atoms with Crippen LogP contribution in [0.2, 0.25) is 0 Å². The van der Waals surface area contributed by atoms with E-state index in [-0.39, 0.29) is 18.3 Å². The summed E-state index contributed by atoms with van der Waals surface area (Å²) in [5, 5.41) is 9.55. The molecule has 0 saturated carbocycles. The number of benzene rings is 1. The van der Waals surface area contributed by atoms with Crippen LogP contribution >= 0.6 is 0 Å². The van der Waals surface area contributed by atoms with Crippen LogP contribution in [-0.4, -0.2) is 18.3 Å². The van der Waals surface area contributed by atoms with E-state index >= 15 is 0 Å². The second-order valence-corrected chi connectivity index (χ2v) is 7.11. The quantitative estimate of drug-likeness (QED) is 0.798. The second-order valence-electron chi connectivity index (χ2n) is 7.11. The highest BCUT2D eigenvalue weighted by molar-refractivity contribution is 6.62. The van der Waals surface area contributed by atoms with Gasteiger partial charge < -0.3 is 9.31 Å². The Morgan fingerprint density at radius 2 is 1.45 bits per heavy atom. The van der Waals surface area contributed by atoms with Crippen molar-refractivity contribution < 1.29 is 9.31 Å². The molecule has 3 nitrogen and oxygen atoms in total. The molecule has 0 bridgehead atoms. The van der Waals surface area contributed by atoms with Crippen molar-refractivity contribution in [1.29, 1.82) is 5.26 Å². The highest BCUT2D eigenvalue weighted by atomic mass is 16.7. The Labute approximate surface area is 134 Å². The van der Waals surface area contributed by atoms with Crippen molar-refractivity contribution >= 4 is 12.6 Å². The zero-order chi connectivity index (χ0) is 16.6. The van der Waals surface area contributed by atoms with Gasteiger partial charge in [0, 0.05) is 0 Å². The fourth-order valence-electron chi connectivity index (χ4n) is 2.82. The van der Waals surface area contributed by atoms with Crippen LogP contribution in [-0.2, 0) is 14.7 Å². The van der Waals surface area contributed by atoms with Gasteiger partial charge in [0.25, 0.3) is 0 Å². The van der Waals surface area contributed by atoms with E-state index in [1.807, 2.05) is 24.3 Å². The van der Waals surface area contributed by atoms with Crippen molar-refractivity contribution in [2.75, 3.05) is 0 Å². The minimum absolute atomic E-state index is 0.334. The minimum atomic E-state index is -0.394. The lowest BCUT2D eigenvalue weighted by Gasteiger charge is -2.32. The van der Waals surface area contributed by atoms with E-state index in [0.29, 0.717) is 0 Å². The summed E-state index contributed by atoms with van der Waals surface area (Å²) in [7, 11) is -0.348. The summed E-state index contributed by atoms with van der Waals surface area (Å²) in [6.45, 7) is 12.3. The van der Waals surface area contributed by atoms with E-state index < -0.39 is 5.41 Å². The molecule has 4 heteroatoms. The van der Waals surface area contributed by atoms with Crippen LogP contribution < -0.4 is 5.46 Å². The Kier molecular flexibility index (Phi) is 4.43. The molecule has 1 heterocycles. The number of nitrogens with zero attached hydrogens (tertiary/aromatic N) is 1. The fourth-order valence-corrected chi connectivity index (χ4v) is 2.82. The number of hydrogen-bond donors (Lipinski definition) is 0. The molecule has 0 radical (unpaired) electrons. The summed E-state index contributed by atoms with van der Waals surface area (Å²) in [6.07, 6.45) is 1.63. The molecule has 0 aromatic heterocycles. The normalized spacial score (nSPS) is 20.0. The van der Waals surface area contributed by atoms with Crippen molar-refractivity contribution in [2.45, 2.75) is 71.0 Å². The summed E-state index contributed by atoms with van der Waals surface area (Å²) in [4.78, 5) is 0. The van der Waals surface area contributed by atoms with Crippen LogP contribution in [0.4, 0.5) is 0 Å². The molecule has 0 atom stereocenters. The van der Waals surface area contributed by atoms with Gasteiger partial charge in [0.15, 0.2) is 0 Å². The Morgan fingerprint density at radius 3 is 1.82 bits per heavy atom. The molecular formula is C18H26BNO2. The molecule has 1 aromatic carbocycles. The molecule has 1 saturated heterocycles. The average molecular weight is 299 g/mol. The first-order valence-corrected chi connectivity index (χ1v) is 8.08. The Morgan fingerprint density at radius 1 is 1.00 bits per heavy atom. The molecule has 0 unspecified atom stereocenters. The fraction of sp³-hybridized carbons (Fsp3) is 0.611. The second kappa shape index (κ2) is 5.72. The van der Waals surface area contributed by atoms with E-state index in [1.165, 1.54) is 0 Å². The maximum absolute atomic E-state index is 9.55. The van der Waals surface area contributed by atoms with E-state index in [2.05, 4.69) is 47.6 Å². The van der Waals surface area contributed by atoms with E-state index in [0.717, 1.165) is 23.9 Å². The topological polar surface area (TPSA) is 42.2 Å². The lowest BCUT2D eigenvalue weighted by Crippen LogP contribution is -2.41. The monoisotopic (exact) mass is 299 g/mol. The SMILES string of the molecule is CCC(C#N)(CC)c1ccc(B2OC(C)(C)C(C)(C)O2)cc1. The van der Waals surface area contributed by atoms with Crippen LogP contribution in [0.5, 0.6) is 0 Å². The van der Waals surface area contributed by atoms with E-state index in [4.69, 9.17) is 9.31 Å². The van der Waals surface area contributed by atoms with Gasteiger partial charge in [-0.05, 0) is 51.6 Å². The largest absolute Gasteiger partial charge is 0.494 e. The summed E-state index contributed by atoms with van der Waals surface area (Å²) >= 11 is 0. The highest BCUT2D eigenvalue weighted by Gasteiger charge is 2.51. The van der Waals surface area contributed by atoms with E-state index in [9.17, 15) is 5.26 Å². The first-order chi connectivity index (χ1) is 10.2. The Balaban J connectivity index is 2.26. The van der Waals surface area contributed by atoms with E-state index in [1.54, 1.807) is 0 Å². The predicted octanol–water partition coefficient (Wildman–Crippen LogP) is 3.57. The third kappa shape index (κ3) is 2.68. The van der Waals surface area contributed by atoms with Gasteiger partial charge in [0.05, 0.1) is 22.7 Å². The highest BCUT2D eigenvalue weighted by Crippen LogP contribution is 2.37. The van der Waals surface area contributed by atoms with Gasteiger partial charge in [-0.2, -0.15) is 5.26 Å². The lowest BCUT2D eigenvalue weighted by molar-refractivity contribution is 0.00578. The molecule has 0 amide bonds. The van der Waals surface area contributed by atoms with Crippen molar-refractivity contribution in [1.82, 2.24) is 0 Å². The van der Waals surface area contributed by atoms with Gasteiger partial charge in [-0.3, -0.25) is 0 Å². The molecule has 1 aliphatic rings. The van der Waals surface area contributed by atoms with Gasteiger partial charge in [0.1, 0.15) is 0 Å². The molecule has 1 aromatic rings. The summed E-state index contributed by atoms with van der Waals surface area (Å²) < 4.78 is 12.1. The van der Waals surface area contributed by atoms with Crippen molar-refractivity contribution in [3.05, 3.63) is 29.8 Å². The lowest BCUT2D eigenvalue weighted by atomic mass is 9.74.